The van der Waals surface area contributed by atoms with Crippen molar-refractivity contribution in [1.82, 2.24) is 14.8 Å². The van der Waals surface area contributed by atoms with Gasteiger partial charge in [-0.25, -0.2) is 9.67 Å². The molecule has 0 amide bonds. The summed E-state index contributed by atoms with van der Waals surface area (Å²) in [6, 6.07) is 2.96. The van der Waals surface area contributed by atoms with Crippen LogP contribution in [0.25, 0.3) is 5.82 Å². The van der Waals surface area contributed by atoms with Gasteiger partial charge in [-0.2, -0.15) is 5.10 Å². The second-order valence-corrected chi connectivity index (χ2v) is 3.98. The maximum Gasteiger partial charge on any atom is 0.287 e. The molecule has 0 N–H and O–H groups in total. The summed E-state index contributed by atoms with van der Waals surface area (Å²) in [5.74, 6) is 0.559. The molecule has 76 valence electrons. The predicted octanol–water partition coefficient (Wildman–Crippen LogP) is 1.78. The molecule has 0 aromatic carbocycles. The normalized spacial score (nSPS) is 10.2. The third kappa shape index (κ3) is 2.12. The lowest BCUT2D eigenvalue weighted by Gasteiger charge is -1.98. The van der Waals surface area contributed by atoms with Gasteiger partial charge in [0, 0.05) is 12.3 Å². The number of aromatic nitrogens is 3. The largest absolute Gasteiger partial charge is 0.287 e. The minimum absolute atomic E-state index is 0.0272. The molecule has 2 aromatic rings. The number of pyridine rings is 1. The molecular formula is C8H5IN4O2. The fourth-order valence-corrected chi connectivity index (χ4v) is 1.44. The summed E-state index contributed by atoms with van der Waals surface area (Å²) in [5, 5.41) is 14.4. The van der Waals surface area contributed by atoms with Gasteiger partial charge < -0.3 is 0 Å². The van der Waals surface area contributed by atoms with Crippen LogP contribution >= 0.6 is 22.6 Å². The molecule has 2 rings (SSSR count). The van der Waals surface area contributed by atoms with Gasteiger partial charge in [0.1, 0.15) is 6.20 Å². The summed E-state index contributed by atoms with van der Waals surface area (Å²) < 4.78 is 2.54. The zero-order valence-electron chi connectivity index (χ0n) is 7.37. The topological polar surface area (TPSA) is 73.8 Å². The number of hydrogen-bond donors (Lipinski definition) is 0. The van der Waals surface area contributed by atoms with E-state index in [1.165, 1.54) is 12.3 Å². The summed E-state index contributed by atoms with van der Waals surface area (Å²) >= 11 is 2.13. The Balaban J connectivity index is 2.35. The van der Waals surface area contributed by atoms with Crippen LogP contribution in [-0.2, 0) is 0 Å². The third-order valence-corrected chi connectivity index (χ3v) is 2.29. The van der Waals surface area contributed by atoms with E-state index in [-0.39, 0.29) is 5.69 Å². The number of hydrogen-bond acceptors (Lipinski definition) is 4. The van der Waals surface area contributed by atoms with E-state index in [4.69, 9.17) is 0 Å². The van der Waals surface area contributed by atoms with Gasteiger partial charge >= 0.3 is 0 Å². The van der Waals surface area contributed by atoms with Crippen molar-refractivity contribution >= 4 is 28.3 Å². The molecule has 0 aliphatic heterocycles. The molecule has 0 aliphatic rings. The van der Waals surface area contributed by atoms with E-state index in [1.807, 2.05) is 0 Å². The zero-order valence-corrected chi connectivity index (χ0v) is 9.53. The van der Waals surface area contributed by atoms with E-state index < -0.39 is 4.92 Å². The van der Waals surface area contributed by atoms with Gasteiger partial charge in [0.05, 0.1) is 14.7 Å². The summed E-state index contributed by atoms with van der Waals surface area (Å²) in [5.41, 5.74) is -0.0272. The molecule has 0 fully saturated rings. The van der Waals surface area contributed by atoms with E-state index in [0.717, 1.165) is 3.57 Å². The number of nitrogens with zero attached hydrogens (tertiary/aromatic N) is 4. The standard InChI is InChI=1S/C8H5IN4O2/c9-6-3-11-12(5-6)8-2-1-7(4-10-8)13(14)15/h1-5H. The first-order chi connectivity index (χ1) is 7.16. The van der Waals surface area contributed by atoms with Crippen LogP contribution in [0.5, 0.6) is 0 Å². The molecule has 2 heterocycles. The first kappa shape index (κ1) is 10.0. The highest BCUT2D eigenvalue weighted by molar-refractivity contribution is 14.1. The maximum absolute atomic E-state index is 10.4. The molecule has 2 aromatic heterocycles. The highest BCUT2D eigenvalue weighted by atomic mass is 127. The van der Waals surface area contributed by atoms with Crippen molar-refractivity contribution in [2.24, 2.45) is 0 Å². The van der Waals surface area contributed by atoms with Crippen molar-refractivity contribution < 1.29 is 4.92 Å². The van der Waals surface area contributed by atoms with Gasteiger partial charge in [-0.05, 0) is 28.7 Å². The van der Waals surface area contributed by atoms with E-state index in [0.29, 0.717) is 5.82 Å². The van der Waals surface area contributed by atoms with Gasteiger partial charge in [0.2, 0.25) is 0 Å². The fraction of sp³-hybridized carbons (Fsp3) is 0. The zero-order chi connectivity index (χ0) is 10.8. The second kappa shape index (κ2) is 3.93. The minimum Gasteiger partial charge on any atom is -0.258 e. The van der Waals surface area contributed by atoms with Crippen LogP contribution in [-0.4, -0.2) is 19.7 Å². The van der Waals surface area contributed by atoms with Crippen LogP contribution in [0.1, 0.15) is 0 Å². The van der Waals surface area contributed by atoms with Crippen LogP contribution in [0.15, 0.2) is 30.7 Å². The van der Waals surface area contributed by atoms with Crippen LogP contribution < -0.4 is 0 Å². The average Bonchev–Trinajstić information content (AvgIpc) is 2.65. The van der Waals surface area contributed by atoms with Crippen molar-refractivity contribution in [1.29, 1.82) is 0 Å². The van der Waals surface area contributed by atoms with Crippen LogP contribution in [0.4, 0.5) is 5.69 Å². The number of nitro groups is 1. The highest BCUT2D eigenvalue weighted by Gasteiger charge is 2.06. The molecular weight excluding hydrogens is 311 g/mol. The SMILES string of the molecule is O=[N+]([O-])c1ccc(-n2cc(I)cn2)nc1. The van der Waals surface area contributed by atoms with Crippen LogP contribution in [0, 0.1) is 13.7 Å². The Kier molecular flexibility index (Phi) is 2.62. The Hall–Kier alpha value is -1.51. The van der Waals surface area contributed by atoms with Crippen molar-refractivity contribution in [2.45, 2.75) is 0 Å². The smallest absolute Gasteiger partial charge is 0.258 e. The second-order valence-electron chi connectivity index (χ2n) is 2.73. The lowest BCUT2D eigenvalue weighted by molar-refractivity contribution is -0.385. The van der Waals surface area contributed by atoms with E-state index in [2.05, 4.69) is 32.7 Å². The lowest BCUT2D eigenvalue weighted by atomic mass is 10.4. The molecule has 0 bridgehead atoms. The number of rotatable bonds is 2. The van der Waals surface area contributed by atoms with Crippen molar-refractivity contribution in [3.63, 3.8) is 0 Å². The first-order valence-corrected chi connectivity index (χ1v) is 5.06. The summed E-state index contributed by atoms with van der Waals surface area (Å²) in [6.45, 7) is 0. The molecule has 0 radical (unpaired) electrons. The van der Waals surface area contributed by atoms with Crippen molar-refractivity contribution in [3.8, 4) is 5.82 Å². The summed E-state index contributed by atoms with van der Waals surface area (Å²) in [6.07, 6.45) is 4.68. The molecule has 0 atom stereocenters. The van der Waals surface area contributed by atoms with Gasteiger partial charge in [0.15, 0.2) is 5.82 Å². The van der Waals surface area contributed by atoms with Gasteiger partial charge in [-0.3, -0.25) is 10.1 Å². The van der Waals surface area contributed by atoms with Gasteiger partial charge in [-0.15, -0.1) is 0 Å². The summed E-state index contributed by atoms with van der Waals surface area (Å²) in [7, 11) is 0. The predicted molar refractivity (Wildman–Crippen MR) is 60.7 cm³/mol. The monoisotopic (exact) mass is 316 g/mol. The van der Waals surface area contributed by atoms with Gasteiger partial charge in [-0.1, -0.05) is 0 Å². The Morgan fingerprint density at radius 1 is 1.40 bits per heavy atom. The Morgan fingerprint density at radius 3 is 2.67 bits per heavy atom. The van der Waals surface area contributed by atoms with Crippen LogP contribution in [0.2, 0.25) is 0 Å². The molecule has 0 aliphatic carbocycles. The molecule has 15 heavy (non-hydrogen) atoms. The first-order valence-electron chi connectivity index (χ1n) is 3.98. The van der Waals surface area contributed by atoms with E-state index in [1.54, 1.807) is 23.1 Å². The lowest BCUT2D eigenvalue weighted by Crippen LogP contribution is -1.98. The molecule has 6 nitrogen and oxygen atoms in total. The van der Waals surface area contributed by atoms with Crippen LogP contribution in [0.3, 0.4) is 0 Å². The average molecular weight is 316 g/mol. The highest BCUT2D eigenvalue weighted by Crippen LogP contribution is 2.12. The van der Waals surface area contributed by atoms with E-state index in [9.17, 15) is 10.1 Å². The maximum atomic E-state index is 10.4. The molecule has 0 saturated carbocycles. The Bertz CT molecular complexity index is 494. The Labute approximate surface area is 98.2 Å². The van der Waals surface area contributed by atoms with Crippen molar-refractivity contribution in [2.75, 3.05) is 0 Å². The minimum atomic E-state index is -0.483. The molecule has 0 unspecified atom stereocenters. The molecule has 7 heteroatoms. The quantitative estimate of drug-likeness (QED) is 0.481. The third-order valence-electron chi connectivity index (χ3n) is 1.73. The van der Waals surface area contributed by atoms with Gasteiger partial charge in [0.25, 0.3) is 5.69 Å². The molecule has 0 spiro atoms. The fourth-order valence-electron chi connectivity index (χ4n) is 1.05. The van der Waals surface area contributed by atoms with E-state index >= 15 is 0 Å². The Morgan fingerprint density at radius 2 is 2.20 bits per heavy atom. The molecule has 0 saturated heterocycles. The number of halogens is 1. The summed E-state index contributed by atoms with van der Waals surface area (Å²) in [4.78, 5) is 13.9. The van der Waals surface area contributed by atoms with Crippen molar-refractivity contribution in [3.05, 3.63) is 44.4 Å².